The number of carbonyl (C=O) groups is 2. The van der Waals surface area contributed by atoms with E-state index in [1.54, 1.807) is 35.3 Å². The highest BCUT2D eigenvalue weighted by Gasteiger charge is 2.65. The lowest BCUT2D eigenvalue weighted by Gasteiger charge is -2.60. The second-order valence-electron chi connectivity index (χ2n) is 21.5. The average molecular weight is 1090 g/mol. The number of aliphatic hydroxyl groups excluding tert-OH is 2. The maximum atomic E-state index is 15.4. The Kier molecular flexibility index (Phi) is 22.2. The number of nitrogens with one attached hydrogen (secondary N) is 1. The van der Waals surface area contributed by atoms with Crippen molar-refractivity contribution < 1.29 is 58.0 Å². The van der Waals surface area contributed by atoms with Crippen LogP contribution in [0.4, 0.5) is 10.5 Å². The fraction of sp³-hybridized carbons (Fsp3) is 0.565. The highest BCUT2D eigenvalue weighted by atomic mass is 16.8. The summed E-state index contributed by atoms with van der Waals surface area (Å²) in [6.45, 7) is 7.59. The highest BCUT2D eigenvalue weighted by Crippen LogP contribution is 2.62. The molecule has 0 radical (unpaired) electrons. The molecule has 17 nitrogen and oxygen atoms in total. The first kappa shape index (κ1) is 58.9. The molecular formula is C62H82N4O13. The van der Waals surface area contributed by atoms with Gasteiger partial charge in [-0.15, -0.1) is 6.58 Å². The van der Waals surface area contributed by atoms with Gasteiger partial charge in [-0.25, -0.2) is 4.79 Å². The Hall–Kier alpha value is -6.27. The number of amides is 2. The van der Waals surface area contributed by atoms with E-state index in [4.69, 9.17) is 38.4 Å². The summed E-state index contributed by atoms with van der Waals surface area (Å²) in [6.07, 6.45) is 24.5. The number of rotatable bonds is 31. The Labute approximate surface area is 465 Å². The zero-order valence-corrected chi connectivity index (χ0v) is 46.1. The van der Waals surface area contributed by atoms with Crippen molar-refractivity contribution in [2.45, 2.75) is 166 Å². The Morgan fingerprint density at radius 1 is 0.886 bits per heavy atom. The first-order valence-electron chi connectivity index (χ1n) is 29.1. The van der Waals surface area contributed by atoms with Crippen molar-refractivity contribution in [2.24, 2.45) is 22.9 Å². The lowest BCUT2D eigenvalue weighted by Crippen LogP contribution is -2.70. The van der Waals surface area contributed by atoms with Gasteiger partial charge >= 0.3 is 6.09 Å². The van der Waals surface area contributed by atoms with Crippen LogP contribution in [0.15, 0.2) is 96.2 Å². The van der Waals surface area contributed by atoms with Crippen LogP contribution in [0.5, 0.6) is 23.0 Å². The normalized spacial score (nSPS) is 23.3. The molecule has 1 saturated heterocycles. The molecule has 3 aromatic carbocycles. The van der Waals surface area contributed by atoms with E-state index in [2.05, 4.69) is 24.9 Å². The predicted octanol–water partition coefficient (Wildman–Crippen LogP) is 12.2. The van der Waals surface area contributed by atoms with Crippen LogP contribution in [0.25, 0.3) is 6.08 Å². The van der Waals surface area contributed by atoms with E-state index in [0.717, 1.165) is 61.6 Å². The van der Waals surface area contributed by atoms with E-state index in [1.165, 1.54) is 63.2 Å². The number of benzene rings is 3. The van der Waals surface area contributed by atoms with Crippen LogP contribution < -0.4 is 24.3 Å². The standard InChI is InChI=1S/C62H82N4O13/c1-3-5-6-7-8-9-10-11-12-16-33-63-61(70)77-48-29-31-53-51(40-48)59-49(21-14-18-35-68)46(20-13-17-34-67)39-50-52(64-79-58-22-15-19-37-73-58)41-56(62(78-53,60(50)59)76-36-4-2)65(42-45-25-30-54-55(38-45)75-43-74-54)57(69)32-26-44-23-27-47(28-24-44)66(71)72/h4,23-32,38-40,46,49,56,58-60,67-68H,2-3,5-22,33-37,41-43H2,1H3,(H,63,70). The molecule has 2 amide bonds. The average Bonchev–Trinajstić information content (AvgIpc) is 3.56. The highest BCUT2D eigenvalue weighted by molar-refractivity contribution is 6.03. The summed E-state index contributed by atoms with van der Waals surface area (Å²) in [5, 5.41) is 39.7. The number of nitro groups is 1. The molecule has 428 valence electrons. The smallest absolute Gasteiger partial charge is 0.412 e. The van der Waals surface area contributed by atoms with Crippen LogP contribution in [-0.4, -0.2) is 95.6 Å². The van der Waals surface area contributed by atoms with Gasteiger partial charge in [0.1, 0.15) is 17.5 Å². The fourth-order valence-corrected chi connectivity index (χ4v) is 12.1. The summed E-state index contributed by atoms with van der Waals surface area (Å²) in [4.78, 5) is 48.2. The molecule has 0 aromatic heterocycles. The molecule has 0 spiro atoms. The van der Waals surface area contributed by atoms with Gasteiger partial charge in [0.2, 0.25) is 24.8 Å². The fourth-order valence-electron chi connectivity index (χ4n) is 12.1. The topological polar surface area (TPSA) is 210 Å². The number of ether oxygens (including phenoxy) is 6. The van der Waals surface area contributed by atoms with Crippen LogP contribution in [0.3, 0.4) is 0 Å². The minimum Gasteiger partial charge on any atom is -0.459 e. The number of hydrogen-bond donors (Lipinski definition) is 3. The van der Waals surface area contributed by atoms with Gasteiger partial charge in [-0.2, -0.15) is 0 Å². The molecular weight excluding hydrogens is 1010 g/mol. The molecule has 3 aliphatic heterocycles. The number of oxime groups is 1. The van der Waals surface area contributed by atoms with E-state index in [0.29, 0.717) is 79.5 Å². The SMILES string of the molecule is C=CCOC12Oc3ccc(OC(=O)NCCCCCCCCCCCC)cc3C3C(CCCCO)C(CCCCO)C=C(C(=NOC4CCCCO4)CC1N(Cc1ccc4c(c1)OCO4)C(=O)C=Cc1ccc([N+](=O)[O-])cc1)C32. The second kappa shape index (κ2) is 29.8. The Bertz CT molecular complexity index is 2580. The number of fused-ring (bicyclic) bond motifs is 3. The maximum absolute atomic E-state index is 15.4. The number of non-ortho nitro benzene ring substituents is 1. The second-order valence-corrected chi connectivity index (χ2v) is 21.5. The third-order valence-electron chi connectivity index (χ3n) is 16.0. The maximum Gasteiger partial charge on any atom is 0.412 e. The molecule has 8 rings (SSSR count). The van der Waals surface area contributed by atoms with Gasteiger partial charge < -0.3 is 53.7 Å². The Morgan fingerprint density at radius 2 is 1.62 bits per heavy atom. The van der Waals surface area contributed by atoms with Crippen molar-refractivity contribution in [2.75, 3.05) is 39.8 Å². The summed E-state index contributed by atoms with van der Waals surface area (Å²) in [7, 11) is 0. The number of nitrogens with zero attached hydrogens (tertiary/aromatic N) is 3. The molecule has 5 aliphatic rings. The van der Waals surface area contributed by atoms with Crippen LogP contribution in [0, 0.1) is 27.9 Å². The van der Waals surface area contributed by atoms with Gasteiger partial charge in [0.15, 0.2) is 11.5 Å². The van der Waals surface area contributed by atoms with Crippen molar-refractivity contribution in [3.05, 3.63) is 118 Å². The van der Waals surface area contributed by atoms with Crippen molar-refractivity contribution >= 4 is 29.5 Å². The zero-order valence-electron chi connectivity index (χ0n) is 46.1. The van der Waals surface area contributed by atoms with Gasteiger partial charge in [-0.1, -0.05) is 101 Å². The lowest BCUT2D eigenvalue weighted by atomic mass is 9.55. The van der Waals surface area contributed by atoms with Crippen molar-refractivity contribution in [3.63, 3.8) is 0 Å². The number of hydrogen-bond acceptors (Lipinski definition) is 14. The van der Waals surface area contributed by atoms with Crippen molar-refractivity contribution in [3.8, 4) is 23.0 Å². The first-order valence-corrected chi connectivity index (χ1v) is 29.1. The van der Waals surface area contributed by atoms with Crippen LogP contribution in [-0.2, 0) is 25.7 Å². The van der Waals surface area contributed by atoms with Gasteiger partial charge in [0, 0.05) is 68.8 Å². The van der Waals surface area contributed by atoms with Gasteiger partial charge in [-0.3, -0.25) is 14.9 Å². The minimum absolute atomic E-state index is 0.0270. The molecule has 79 heavy (non-hydrogen) atoms. The third-order valence-corrected chi connectivity index (χ3v) is 16.0. The number of aliphatic hydroxyl groups is 2. The summed E-state index contributed by atoms with van der Waals surface area (Å²) in [5.74, 6) is -1.19. The zero-order chi connectivity index (χ0) is 55.4. The summed E-state index contributed by atoms with van der Waals surface area (Å²) >= 11 is 0. The largest absolute Gasteiger partial charge is 0.459 e. The van der Waals surface area contributed by atoms with E-state index in [-0.39, 0.29) is 63.0 Å². The molecule has 7 unspecified atom stereocenters. The molecule has 3 N–H and O–H groups in total. The van der Waals surface area contributed by atoms with Crippen LogP contribution in [0.2, 0.25) is 0 Å². The van der Waals surface area contributed by atoms with E-state index in [9.17, 15) is 25.1 Å². The molecule has 3 heterocycles. The minimum atomic E-state index is -1.61. The molecule has 2 fully saturated rings. The summed E-state index contributed by atoms with van der Waals surface area (Å²) < 4.78 is 38.4. The molecule has 0 bridgehead atoms. The number of unbranched alkanes of at least 4 members (excludes halogenated alkanes) is 11. The first-order chi connectivity index (χ1) is 38.7. The van der Waals surface area contributed by atoms with Crippen molar-refractivity contribution in [1.29, 1.82) is 0 Å². The molecule has 2 aliphatic carbocycles. The molecule has 17 heteroatoms. The van der Waals surface area contributed by atoms with E-state index < -0.39 is 41.0 Å². The summed E-state index contributed by atoms with van der Waals surface area (Å²) in [5.41, 5.74) is 3.49. The number of nitro benzene ring substituents is 1. The molecule has 3 aromatic rings. The number of allylic oxidation sites excluding steroid dienone is 1. The van der Waals surface area contributed by atoms with Crippen molar-refractivity contribution in [1.82, 2.24) is 10.2 Å². The summed E-state index contributed by atoms with van der Waals surface area (Å²) in [6, 6.07) is 16.1. The van der Waals surface area contributed by atoms with Gasteiger partial charge in [-0.05, 0) is 122 Å². The third kappa shape index (κ3) is 15.4. The predicted molar refractivity (Wildman–Crippen MR) is 301 cm³/mol. The quantitative estimate of drug-likeness (QED) is 0.0180. The lowest BCUT2D eigenvalue weighted by molar-refractivity contribution is -0.384. The number of carbonyl (C=O) groups excluding carboxylic acids is 2. The van der Waals surface area contributed by atoms with Crippen LogP contribution in [0.1, 0.15) is 158 Å². The molecule has 1 saturated carbocycles. The Morgan fingerprint density at radius 3 is 2.34 bits per heavy atom. The van der Waals surface area contributed by atoms with E-state index >= 15 is 4.79 Å². The van der Waals surface area contributed by atoms with Gasteiger partial charge in [0.05, 0.1) is 29.8 Å². The van der Waals surface area contributed by atoms with Crippen LogP contribution >= 0.6 is 0 Å². The molecule has 7 atom stereocenters. The van der Waals surface area contributed by atoms with Gasteiger partial charge in [0.25, 0.3) is 5.69 Å². The Balaban J connectivity index is 1.21. The monoisotopic (exact) mass is 1090 g/mol. The van der Waals surface area contributed by atoms with E-state index in [1.807, 2.05) is 30.3 Å².